The van der Waals surface area contributed by atoms with Gasteiger partial charge in [-0.15, -0.1) is 0 Å². The highest BCUT2D eigenvalue weighted by molar-refractivity contribution is 9.10. The predicted molar refractivity (Wildman–Crippen MR) is 49.2 cm³/mol. The van der Waals surface area contributed by atoms with Gasteiger partial charge in [0.15, 0.2) is 0 Å². The molecule has 1 aliphatic rings. The van der Waals surface area contributed by atoms with Crippen molar-refractivity contribution in [1.29, 1.82) is 0 Å². The maximum atomic E-state index is 7.79. The van der Waals surface area contributed by atoms with Crippen LogP contribution in [-0.4, -0.2) is 24.1 Å². The van der Waals surface area contributed by atoms with Crippen LogP contribution >= 0.6 is 15.9 Å². The van der Waals surface area contributed by atoms with Crippen LogP contribution in [0.25, 0.3) is 0 Å². The van der Waals surface area contributed by atoms with E-state index in [1.807, 2.05) is 5.32 Å². The van der Waals surface area contributed by atoms with Gasteiger partial charge in [-0.2, -0.15) is 0 Å². The third-order valence-corrected chi connectivity index (χ3v) is 1.75. The van der Waals surface area contributed by atoms with Gasteiger partial charge in [0.05, 0.1) is 1.37 Å². The van der Waals surface area contributed by atoms with E-state index in [0.29, 0.717) is 4.47 Å². The minimum Gasteiger partial charge on any atom is -0.472 e. The fraction of sp³-hybridized carbons (Fsp3) is 0.375. The molecule has 12 heavy (non-hydrogen) atoms. The standard InChI is InChI=1S/C8H9BrN2O/c9-6-1-2-11-8(3-6)12-7-4-10-5-7/h1-3,7,10H,4-5H2/i4D2,5D2,7D. The van der Waals surface area contributed by atoms with Gasteiger partial charge in [-0.05, 0) is 6.07 Å². The summed E-state index contributed by atoms with van der Waals surface area (Å²) in [5.41, 5.74) is 0. The van der Waals surface area contributed by atoms with Crippen LogP contribution in [0.5, 0.6) is 5.88 Å². The lowest BCUT2D eigenvalue weighted by atomic mass is 10.2. The Hall–Kier alpha value is -0.610. The van der Waals surface area contributed by atoms with Crippen molar-refractivity contribution in [2.24, 2.45) is 0 Å². The highest BCUT2D eigenvalue weighted by Crippen LogP contribution is 2.16. The van der Waals surface area contributed by atoms with Crippen molar-refractivity contribution in [3.63, 3.8) is 0 Å². The van der Waals surface area contributed by atoms with Crippen LogP contribution in [0.2, 0.25) is 0 Å². The molecule has 1 saturated heterocycles. The maximum absolute atomic E-state index is 7.79. The average molecular weight is 234 g/mol. The fourth-order valence-electron chi connectivity index (χ4n) is 0.710. The quantitative estimate of drug-likeness (QED) is 0.834. The van der Waals surface area contributed by atoms with Gasteiger partial charge in [-0.25, -0.2) is 4.98 Å². The molecule has 0 bridgehead atoms. The van der Waals surface area contributed by atoms with Crippen molar-refractivity contribution in [1.82, 2.24) is 10.3 Å². The number of ether oxygens (including phenoxy) is 1. The van der Waals surface area contributed by atoms with Gasteiger partial charge in [0.25, 0.3) is 0 Å². The summed E-state index contributed by atoms with van der Waals surface area (Å²) in [6.07, 6.45) is -0.951. The zero-order valence-corrected chi connectivity index (χ0v) is 7.55. The van der Waals surface area contributed by atoms with E-state index in [0.717, 1.165) is 0 Å². The third kappa shape index (κ3) is 1.76. The number of halogens is 1. The second-order valence-electron chi connectivity index (χ2n) is 2.12. The maximum Gasteiger partial charge on any atom is 0.214 e. The molecule has 2 rings (SSSR count). The smallest absolute Gasteiger partial charge is 0.214 e. The number of nitrogens with one attached hydrogen (secondary N) is 1. The molecule has 0 saturated carbocycles. The number of rotatable bonds is 2. The van der Waals surface area contributed by atoms with Crippen LogP contribution in [-0.2, 0) is 0 Å². The molecule has 1 aromatic heterocycles. The molecule has 1 fully saturated rings. The number of hydrogen-bond donors (Lipinski definition) is 1. The zero-order valence-electron chi connectivity index (χ0n) is 11.0. The lowest BCUT2D eigenvalue weighted by molar-refractivity contribution is 0.136. The molecular weight excluding hydrogens is 220 g/mol. The van der Waals surface area contributed by atoms with Gasteiger partial charge >= 0.3 is 0 Å². The molecule has 1 aromatic rings. The molecular formula is C8H9BrN2O. The van der Waals surface area contributed by atoms with E-state index < -0.39 is 19.1 Å². The number of pyridine rings is 1. The van der Waals surface area contributed by atoms with E-state index in [2.05, 4.69) is 20.9 Å². The molecule has 1 N–H and O–H groups in total. The van der Waals surface area contributed by atoms with Crippen molar-refractivity contribution >= 4 is 15.9 Å². The summed E-state index contributed by atoms with van der Waals surface area (Å²) in [5.74, 6) is -0.0105. The van der Waals surface area contributed by atoms with Gasteiger partial charge in [-0.1, -0.05) is 15.9 Å². The van der Waals surface area contributed by atoms with Gasteiger partial charge in [0, 0.05) is 35.2 Å². The molecule has 64 valence electrons. The molecule has 1 aliphatic heterocycles. The molecule has 2 heterocycles. The van der Waals surface area contributed by atoms with Crippen LogP contribution < -0.4 is 10.1 Å². The molecule has 0 unspecified atom stereocenters. The van der Waals surface area contributed by atoms with Crippen molar-refractivity contribution < 1.29 is 11.6 Å². The Kier molecular flexibility index (Phi) is 1.16. The number of aromatic nitrogens is 1. The molecule has 0 aliphatic carbocycles. The Morgan fingerprint density at radius 2 is 2.67 bits per heavy atom. The summed E-state index contributed by atoms with van der Waals surface area (Å²) in [6, 6.07) is 3.09. The zero-order chi connectivity index (χ0) is 12.9. The predicted octanol–water partition coefficient (Wildman–Crippen LogP) is 1.19. The second kappa shape index (κ2) is 3.41. The SMILES string of the molecule is [2H]C1([2H])NC([2H])([2H])C1([2H])Oc1cc(Br)ccn1. The fourth-order valence-corrected chi connectivity index (χ4v) is 1.02. The molecule has 4 heteroatoms. The van der Waals surface area contributed by atoms with E-state index in [9.17, 15) is 0 Å². The van der Waals surface area contributed by atoms with E-state index in [-0.39, 0.29) is 5.88 Å². The van der Waals surface area contributed by atoms with Gasteiger partial charge in [0.1, 0.15) is 6.08 Å². The van der Waals surface area contributed by atoms with Crippen LogP contribution in [0, 0.1) is 0 Å². The number of nitrogens with zero attached hydrogens (tertiary/aromatic N) is 1. The number of hydrogen-bond acceptors (Lipinski definition) is 3. The first-order chi connectivity index (χ1) is 7.68. The molecule has 0 radical (unpaired) electrons. The normalized spacial score (nSPS) is 34.2. The molecule has 0 aromatic carbocycles. The van der Waals surface area contributed by atoms with Crippen LogP contribution in [0.15, 0.2) is 22.8 Å². The van der Waals surface area contributed by atoms with E-state index in [1.54, 1.807) is 6.07 Å². The molecule has 0 spiro atoms. The monoisotopic (exact) mass is 233 g/mol. The van der Waals surface area contributed by atoms with Crippen LogP contribution in [0.4, 0.5) is 0 Å². The first kappa shape index (κ1) is 4.07. The minimum atomic E-state index is -2.37. The first-order valence-electron chi connectivity index (χ1n) is 5.78. The van der Waals surface area contributed by atoms with Crippen LogP contribution in [0.3, 0.4) is 0 Å². The van der Waals surface area contributed by atoms with E-state index >= 15 is 0 Å². The Morgan fingerprint density at radius 1 is 1.83 bits per heavy atom. The third-order valence-electron chi connectivity index (χ3n) is 1.26. The average Bonchev–Trinajstić information content (AvgIpc) is 2.15. The lowest BCUT2D eigenvalue weighted by Crippen LogP contribution is -2.50. The van der Waals surface area contributed by atoms with Gasteiger partial charge in [0.2, 0.25) is 5.88 Å². The highest BCUT2D eigenvalue weighted by atomic mass is 79.9. The van der Waals surface area contributed by atoms with Gasteiger partial charge in [-0.3, -0.25) is 0 Å². The minimum absolute atomic E-state index is 0.0105. The summed E-state index contributed by atoms with van der Waals surface area (Å²) >= 11 is 3.18. The summed E-state index contributed by atoms with van der Waals surface area (Å²) in [4.78, 5) is 3.80. The largest absolute Gasteiger partial charge is 0.472 e. The Labute approximate surface area is 86.3 Å². The molecule has 0 amide bonds. The van der Waals surface area contributed by atoms with Crippen molar-refractivity contribution in [3.05, 3.63) is 22.8 Å². The second-order valence-corrected chi connectivity index (χ2v) is 3.03. The molecule has 3 nitrogen and oxygen atoms in total. The van der Waals surface area contributed by atoms with Gasteiger partial charge < -0.3 is 10.1 Å². The highest BCUT2D eigenvalue weighted by Gasteiger charge is 2.18. The lowest BCUT2D eigenvalue weighted by Gasteiger charge is -2.27. The van der Waals surface area contributed by atoms with Crippen molar-refractivity contribution in [3.8, 4) is 5.88 Å². The summed E-state index contributed by atoms with van der Waals surface area (Å²) in [6.45, 7) is -4.55. The van der Waals surface area contributed by atoms with E-state index in [4.69, 9.17) is 11.6 Å². The summed E-state index contributed by atoms with van der Waals surface area (Å²) in [5, 5.41) is 2.00. The topological polar surface area (TPSA) is 34.1 Å². The Balaban J connectivity index is 2.28. The Morgan fingerprint density at radius 3 is 3.33 bits per heavy atom. The van der Waals surface area contributed by atoms with Crippen molar-refractivity contribution in [2.75, 3.05) is 13.0 Å². The van der Waals surface area contributed by atoms with Crippen molar-refractivity contribution in [2.45, 2.75) is 6.08 Å². The Bertz CT molecular complexity index is 441. The molecule has 0 atom stereocenters. The van der Waals surface area contributed by atoms with E-state index in [1.165, 1.54) is 12.3 Å². The summed E-state index contributed by atoms with van der Waals surface area (Å²) < 4.78 is 43.3. The summed E-state index contributed by atoms with van der Waals surface area (Å²) in [7, 11) is 0. The van der Waals surface area contributed by atoms with Crippen LogP contribution in [0.1, 0.15) is 6.85 Å². The first-order valence-corrected chi connectivity index (χ1v) is 4.07.